The maximum Gasteiger partial charge on any atom is 0.341 e. The predicted molar refractivity (Wildman–Crippen MR) is 89.8 cm³/mol. The van der Waals surface area contributed by atoms with Crippen molar-refractivity contribution in [2.75, 3.05) is 4.72 Å². The largest absolute Gasteiger partial charge is 0.444 e. The van der Waals surface area contributed by atoms with Gasteiger partial charge in [-0.2, -0.15) is 5.26 Å². The Labute approximate surface area is 145 Å². The minimum absolute atomic E-state index is 0.0359. The van der Waals surface area contributed by atoms with Crippen molar-refractivity contribution in [1.82, 2.24) is 0 Å². The average molecular weight is 415 g/mol. The van der Waals surface area contributed by atoms with E-state index in [0.717, 1.165) is 11.3 Å². The molecule has 0 saturated heterocycles. The third kappa shape index (κ3) is 4.31. The zero-order chi connectivity index (χ0) is 17.0. The van der Waals surface area contributed by atoms with Gasteiger partial charge in [0.1, 0.15) is 10.3 Å². The number of carbonyl (C=O) groups excluding carboxylic acids is 1. The third-order valence-electron chi connectivity index (χ3n) is 2.67. The molecule has 1 atom stereocenters. The normalized spacial score (nSPS) is 12.2. The van der Waals surface area contributed by atoms with E-state index in [1.807, 2.05) is 0 Å². The number of para-hydroxylation sites is 1. The van der Waals surface area contributed by atoms with E-state index >= 15 is 0 Å². The van der Waals surface area contributed by atoms with Gasteiger partial charge in [-0.1, -0.05) is 12.1 Å². The van der Waals surface area contributed by atoms with Crippen LogP contribution in [0.15, 0.2) is 44.4 Å². The van der Waals surface area contributed by atoms with Crippen molar-refractivity contribution in [3.05, 3.63) is 45.7 Å². The quantitative estimate of drug-likeness (QED) is 0.756. The Morgan fingerprint density at radius 3 is 2.65 bits per heavy atom. The van der Waals surface area contributed by atoms with E-state index in [1.54, 1.807) is 24.3 Å². The van der Waals surface area contributed by atoms with Gasteiger partial charge in [0, 0.05) is 0 Å². The molecule has 23 heavy (non-hydrogen) atoms. The molecule has 2 aromatic rings. The minimum atomic E-state index is -3.82. The maximum absolute atomic E-state index is 12.3. The van der Waals surface area contributed by atoms with Crippen LogP contribution in [0, 0.1) is 11.3 Å². The molecular weight excluding hydrogens is 404 g/mol. The van der Waals surface area contributed by atoms with Gasteiger partial charge in [0.05, 0.1) is 15.0 Å². The zero-order valence-corrected chi connectivity index (χ0v) is 15.0. The zero-order valence-electron chi connectivity index (χ0n) is 11.8. The molecule has 0 bridgehead atoms. The molecule has 6 nitrogen and oxygen atoms in total. The Kier molecular flexibility index (Phi) is 5.41. The molecule has 9 heteroatoms. The number of thiophene rings is 1. The number of rotatable bonds is 5. The van der Waals surface area contributed by atoms with Crippen LogP contribution in [0.3, 0.4) is 0 Å². The number of nitriles is 1. The predicted octanol–water partition coefficient (Wildman–Crippen LogP) is 3.38. The summed E-state index contributed by atoms with van der Waals surface area (Å²) in [6.45, 7) is 1.42. The van der Waals surface area contributed by atoms with Gasteiger partial charge in [-0.05, 0) is 47.1 Å². The number of ether oxygens (including phenoxy) is 1. The summed E-state index contributed by atoms with van der Waals surface area (Å²) in [6.07, 6.45) is -0.930. The van der Waals surface area contributed by atoms with Crippen molar-refractivity contribution in [2.24, 2.45) is 0 Å². The molecule has 1 unspecified atom stereocenters. The minimum Gasteiger partial charge on any atom is -0.444 e. The van der Waals surface area contributed by atoms with E-state index in [0.29, 0.717) is 3.79 Å². The Morgan fingerprint density at radius 1 is 1.35 bits per heavy atom. The molecule has 1 aromatic heterocycles. The van der Waals surface area contributed by atoms with Gasteiger partial charge in [-0.3, -0.25) is 4.72 Å². The molecule has 0 amide bonds. The fourth-order valence-electron chi connectivity index (χ4n) is 1.64. The topological polar surface area (TPSA) is 96.3 Å². The third-order valence-corrected chi connectivity index (χ3v) is 6.15. The lowest BCUT2D eigenvalue weighted by Gasteiger charge is -2.12. The van der Waals surface area contributed by atoms with Gasteiger partial charge in [-0.15, -0.1) is 11.3 Å². The van der Waals surface area contributed by atoms with Crippen LogP contribution in [0.4, 0.5) is 5.69 Å². The fourth-order valence-corrected chi connectivity index (χ4v) is 4.73. The Morgan fingerprint density at radius 2 is 2.04 bits per heavy atom. The van der Waals surface area contributed by atoms with Gasteiger partial charge >= 0.3 is 5.97 Å². The number of esters is 1. The molecule has 0 aliphatic rings. The summed E-state index contributed by atoms with van der Waals surface area (Å²) in [5.74, 6) is -0.773. The smallest absolute Gasteiger partial charge is 0.341 e. The second-order valence-corrected chi connectivity index (χ2v) is 8.76. The van der Waals surface area contributed by atoms with E-state index in [-0.39, 0.29) is 15.5 Å². The maximum atomic E-state index is 12.3. The summed E-state index contributed by atoms with van der Waals surface area (Å²) in [7, 11) is -3.82. The van der Waals surface area contributed by atoms with Crippen LogP contribution in [0.2, 0.25) is 0 Å². The SMILES string of the molecule is CC(C#N)OC(=O)c1ccccc1NS(=O)(=O)c1ccc(Br)s1. The van der Waals surface area contributed by atoms with Crippen molar-refractivity contribution in [1.29, 1.82) is 5.26 Å². The highest BCUT2D eigenvalue weighted by Gasteiger charge is 2.21. The van der Waals surface area contributed by atoms with E-state index in [9.17, 15) is 13.2 Å². The summed E-state index contributed by atoms with van der Waals surface area (Å²) >= 11 is 4.25. The molecule has 1 heterocycles. The Bertz CT molecular complexity index is 871. The lowest BCUT2D eigenvalue weighted by molar-refractivity contribution is 0.0437. The molecular formula is C14H11BrN2O4S2. The molecule has 1 aromatic carbocycles. The average Bonchev–Trinajstić information content (AvgIpc) is 2.94. The number of carbonyl (C=O) groups is 1. The monoisotopic (exact) mass is 414 g/mol. The Balaban J connectivity index is 2.31. The molecule has 0 saturated carbocycles. The summed E-state index contributed by atoms with van der Waals surface area (Å²) in [6, 6.07) is 10.9. The van der Waals surface area contributed by atoms with Crippen LogP contribution in [0.5, 0.6) is 0 Å². The second kappa shape index (κ2) is 7.12. The number of anilines is 1. The first kappa shape index (κ1) is 17.5. The van der Waals surface area contributed by atoms with E-state index in [4.69, 9.17) is 10.00 Å². The Hall–Kier alpha value is -1.89. The van der Waals surface area contributed by atoms with Crippen LogP contribution in [0.1, 0.15) is 17.3 Å². The van der Waals surface area contributed by atoms with Crippen molar-refractivity contribution in [2.45, 2.75) is 17.2 Å². The molecule has 0 spiro atoms. The number of halogens is 1. The summed E-state index contributed by atoms with van der Waals surface area (Å²) in [5.41, 5.74) is 0.126. The van der Waals surface area contributed by atoms with E-state index < -0.39 is 22.1 Å². The number of nitrogens with zero attached hydrogens (tertiary/aromatic N) is 1. The standard InChI is InChI=1S/C14H11BrN2O4S2/c1-9(8-16)21-14(18)10-4-2-3-5-11(10)17-23(19,20)13-7-6-12(15)22-13/h2-7,9,17H,1H3. The van der Waals surface area contributed by atoms with Crippen molar-refractivity contribution in [3.63, 3.8) is 0 Å². The number of hydrogen-bond acceptors (Lipinski definition) is 6. The number of hydrogen-bond donors (Lipinski definition) is 1. The van der Waals surface area contributed by atoms with Gasteiger partial charge in [0.15, 0.2) is 6.10 Å². The molecule has 1 N–H and O–H groups in total. The number of sulfonamides is 1. The number of benzene rings is 1. The first-order valence-electron chi connectivity index (χ1n) is 6.31. The molecule has 2 rings (SSSR count). The van der Waals surface area contributed by atoms with Crippen molar-refractivity contribution < 1.29 is 17.9 Å². The molecule has 0 aliphatic heterocycles. The fraction of sp³-hybridized carbons (Fsp3) is 0.143. The van der Waals surface area contributed by atoms with E-state index in [2.05, 4.69) is 20.7 Å². The van der Waals surface area contributed by atoms with Gasteiger partial charge < -0.3 is 4.74 Å². The van der Waals surface area contributed by atoms with Crippen molar-refractivity contribution in [3.8, 4) is 6.07 Å². The van der Waals surface area contributed by atoms with Crippen LogP contribution < -0.4 is 4.72 Å². The van der Waals surface area contributed by atoms with Gasteiger partial charge in [0.2, 0.25) is 0 Å². The summed E-state index contributed by atoms with van der Waals surface area (Å²) < 4.78 is 32.7. The van der Waals surface area contributed by atoms with Gasteiger partial charge in [-0.25, -0.2) is 13.2 Å². The lowest BCUT2D eigenvalue weighted by atomic mass is 10.2. The first-order valence-corrected chi connectivity index (χ1v) is 9.40. The van der Waals surface area contributed by atoms with Crippen LogP contribution >= 0.6 is 27.3 Å². The highest BCUT2D eigenvalue weighted by Crippen LogP contribution is 2.28. The highest BCUT2D eigenvalue weighted by molar-refractivity contribution is 9.11. The molecule has 0 fully saturated rings. The first-order chi connectivity index (χ1) is 10.8. The van der Waals surface area contributed by atoms with Crippen LogP contribution in [-0.4, -0.2) is 20.5 Å². The van der Waals surface area contributed by atoms with Crippen molar-refractivity contribution >= 4 is 48.9 Å². The molecule has 0 radical (unpaired) electrons. The second-order valence-electron chi connectivity index (χ2n) is 4.39. The number of nitrogens with one attached hydrogen (secondary N) is 1. The molecule has 0 aliphatic carbocycles. The molecule has 120 valence electrons. The van der Waals surface area contributed by atoms with Gasteiger partial charge in [0.25, 0.3) is 10.0 Å². The lowest BCUT2D eigenvalue weighted by Crippen LogP contribution is -2.18. The summed E-state index contributed by atoms with van der Waals surface area (Å²) in [4.78, 5) is 12.0. The highest BCUT2D eigenvalue weighted by atomic mass is 79.9. The summed E-state index contributed by atoms with van der Waals surface area (Å²) in [5, 5.41) is 8.70. The van der Waals surface area contributed by atoms with E-state index in [1.165, 1.54) is 25.1 Å². The van der Waals surface area contributed by atoms with Crippen LogP contribution in [0.25, 0.3) is 0 Å². The van der Waals surface area contributed by atoms with Crippen LogP contribution in [-0.2, 0) is 14.8 Å².